The first kappa shape index (κ1) is 12.3. The number of hydrogen-bond acceptors (Lipinski definition) is 5. The first-order valence-corrected chi connectivity index (χ1v) is 6.62. The Hall–Kier alpha value is -1.79. The van der Waals surface area contributed by atoms with Gasteiger partial charge in [-0.05, 0) is 29.5 Å². The molecule has 1 aromatic heterocycles. The predicted octanol–water partition coefficient (Wildman–Crippen LogP) is 0.456. The van der Waals surface area contributed by atoms with Crippen molar-refractivity contribution in [1.82, 2.24) is 30.4 Å². The van der Waals surface area contributed by atoms with Crippen LogP contribution in [-0.2, 0) is 6.54 Å². The Balaban J connectivity index is 1.81. The number of benzene rings is 1. The molecule has 2 aromatic rings. The van der Waals surface area contributed by atoms with E-state index < -0.39 is 0 Å². The van der Waals surface area contributed by atoms with Gasteiger partial charge in [0, 0.05) is 25.7 Å². The molecule has 1 saturated heterocycles. The van der Waals surface area contributed by atoms with Gasteiger partial charge in [-0.15, -0.1) is 5.10 Å². The highest BCUT2D eigenvalue weighted by atomic mass is 15.5. The summed E-state index contributed by atoms with van der Waals surface area (Å²) in [6.07, 6.45) is 0. The van der Waals surface area contributed by atoms with Crippen molar-refractivity contribution in [2.45, 2.75) is 19.5 Å². The lowest BCUT2D eigenvalue weighted by molar-refractivity contribution is 0.160. The summed E-state index contributed by atoms with van der Waals surface area (Å²) in [6, 6.07) is 10.5. The van der Waals surface area contributed by atoms with Gasteiger partial charge in [0.25, 0.3) is 0 Å². The van der Waals surface area contributed by atoms with Crippen LogP contribution in [0.3, 0.4) is 0 Å². The topological polar surface area (TPSA) is 58.9 Å². The van der Waals surface area contributed by atoms with Crippen molar-refractivity contribution in [2.24, 2.45) is 0 Å². The van der Waals surface area contributed by atoms with Gasteiger partial charge in [-0.2, -0.15) is 4.68 Å². The molecule has 1 aliphatic heterocycles. The van der Waals surface area contributed by atoms with Gasteiger partial charge in [0.05, 0.1) is 12.2 Å². The summed E-state index contributed by atoms with van der Waals surface area (Å²) in [7, 11) is 0. The van der Waals surface area contributed by atoms with E-state index in [1.54, 1.807) is 0 Å². The Labute approximate surface area is 112 Å². The molecule has 0 saturated carbocycles. The van der Waals surface area contributed by atoms with E-state index in [0.29, 0.717) is 6.04 Å². The Morgan fingerprint density at radius 1 is 1.32 bits per heavy atom. The number of rotatable bonds is 3. The highest BCUT2D eigenvalue weighted by Gasteiger charge is 2.20. The summed E-state index contributed by atoms with van der Waals surface area (Å²) in [5.41, 5.74) is 1.00. The van der Waals surface area contributed by atoms with Crippen molar-refractivity contribution in [1.29, 1.82) is 0 Å². The fourth-order valence-electron chi connectivity index (χ4n) is 2.37. The van der Waals surface area contributed by atoms with Crippen molar-refractivity contribution in [3.05, 3.63) is 36.2 Å². The van der Waals surface area contributed by atoms with Crippen LogP contribution in [0.25, 0.3) is 5.69 Å². The molecule has 1 atom stereocenters. The van der Waals surface area contributed by atoms with E-state index in [4.69, 9.17) is 0 Å². The lowest BCUT2D eigenvalue weighted by Crippen LogP contribution is -2.49. The second-order valence-corrected chi connectivity index (χ2v) is 4.87. The molecule has 1 N–H and O–H groups in total. The number of tetrazole rings is 1. The summed E-state index contributed by atoms with van der Waals surface area (Å²) in [5.74, 6) is 0.889. The largest absolute Gasteiger partial charge is 0.314 e. The third-order valence-electron chi connectivity index (χ3n) is 3.52. The fourth-order valence-corrected chi connectivity index (χ4v) is 2.37. The van der Waals surface area contributed by atoms with Crippen LogP contribution in [-0.4, -0.2) is 50.8 Å². The molecule has 0 unspecified atom stereocenters. The number of piperazine rings is 1. The quantitative estimate of drug-likeness (QED) is 0.866. The van der Waals surface area contributed by atoms with E-state index in [0.717, 1.165) is 37.7 Å². The molecule has 0 bridgehead atoms. The average molecular weight is 258 g/mol. The molecule has 0 spiro atoms. The molecule has 6 nitrogen and oxygen atoms in total. The smallest absolute Gasteiger partial charge is 0.170 e. The number of nitrogens with zero attached hydrogens (tertiary/aromatic N) is 5. The van der Waals surface area contributed by atoms with Crippen LogP contribution in [0, 0.1) is 0 Å². The first-order chi connectivity index (χ1) is 9.34. The van der Waals surface area contributed by atoms with Gasteiger partial charge < -0.3 is 5.32 Å². The molecule has 100 valence electrons. The molecule has 1 fully saturated rings. The predicted molar refractivity (Wildman–Crippen MR) is 71.9 cm³/mol. The van der Waals surface area contributed by atoms with Crippen LogP contribution in [0.1, 0.15) is 12.7 Å². The molecule has 19 heavy (non-hydrogen) atoms. The molecular weight excluding hydrogens is 240 g/mol. The molecule has 2 heterocycles. The summed E-state index contributed by atoms with van der Waals surface area (Å²) in [4.78, 5) is 2.40. The van der Waals surface area contributed by atoms with E-state index in [1.165, 1.54) is 0 Å². The van der Waals surface area contributed by atoms with Crippen molar-refractivity contribution in [2.75, 3.05) is 19.6 Å². The van der Waals surface area contributed by atoms with Crippen LogP contribution in [0.5, 0.6) is 0 Å². The molecule has 3 rings (SSSR count). The fraction of sp³-hybridized carbons (Fsp3) is 0.462. The number of para-hydroxylation sites is 1. The minimum absolute atomic E-state index is 0.509. The van der Waals surface area contributed by atoms with Crippen molar-refractivity contribution >= 4 is 0 Å². The maximum absolute atomic E-state index is 4.16. The molecule has 1 aromatic carbocycles. The van der Waals surface area contributed by atoms with Gasteiger partial charge in [0.1, 0.15) is 0 Å². The number of aromatic nitrogens is 4. The maximum Gasteiger partial charge on any atom is 0.170 e. The van der Waals surface area contributed by atoms with Gasteiger partial charge in [0.15, 0.2) is 5.82 Å². The first-order valence-electron chi connectivity index (χ1n) is 6.62. The Kier molecular flexibility index (Phi) is 3.52. The number of hydrogen-bond donors (Lipinski definition) is 1. The monoisotopic (exact) mass is 258 g/mol. The average Bonchev–Trinajstić information content (AvgIpc) is 2.91. The second-order valence-electron chi connectivity index (χ2n) is 4.87. The molecule has 1 aliphatic rings. The summed E-state index contributed by atoms with van der Waals surface area (Å²) >= 11 is 0. The van der Waals surface area contributed by atoms with E-state index in [9.17, 15) is 0 Å². The second kappa shape index (κ2) is 5.46. The highest BCUT2D eigenvalue weighted by molar-refractivity contribution is 5.30. The summed E-state index contributed by atoms with van der Waals surface area (Å²) in [6.45, 7) is 6.08. The normalized spacial score (nSPS) is 20.6. The third kappa shape index (κ3) is 2.64. The van der Waals surface area contributed by atoms with Crippen LogP contribution in [0.15, 0.2) is 30.3 Å². The SMILES string of the molecule is C[C@H]1CNCCN1Cc1nnnn1-c1ccccc1. The Bertz CT molecular complexity index is 523. The molecule has 0 aliphatic carbocycles. The zero-order valence-electron chi connectivity index (χ0n) is 11.0. The van der Waals surface area contributed by atoms with E-state index >= 15 is 0 Å². The highest BCUT2D eigenvalue weighted by Crippen LogP contribution is 2.11. The Morgan fingerprint density at radius 2 is 2.16 bits per heavy atom. The van der Waals surface area contributed by atoms with Gasteiger partial charge in [-0.3, -0.25) is 4.90 Å². The summed E-state index contributed by atoms with van der Waals surface area (Å²) in [5, 5.41) is 15.5. The maximum atomic E-state index is 4.16. The zero-order valence-corrected chi connectivity index (χ0v) is 11.0. The van der Waals surface area contributed by atoms with E-state index in [-0.39, 0.29) is 0 Å². The lowest BCUT2D eigenvalue weighted by atomic mass is 10.2. The van der Waals surface area contributed by atoms with E-state index in [1.807, 2.05) is 35.0 Å². The van der Waals surface area contributed by atoms with Gasteiger partial charge in [-0.25, -0.2) is 0 Å². The van der Waals surface area contributed by atoms with Crippen molar-refractivity contribution < 1.29 is 0 Å². The van der Waals surface area contributed by atoms with Gasteiger partial charge in [0.2, 0.25) is 0 Å². The van der Waals surface area contributed by atoms with Crippen molar-refractivity contribution in [3.8, 4) is 5.69 Å². The zero-order chi connectivity index (χ0) is 13.1. The lowest BCUT2D eigenvalue weighted by Gasteiger charge is -2.33. The van der Waals surface area contributed by atoms with Crippen LogP contribution >= 0.6 is 0 Å². The van der Waals surface area contributed by atoms with Crippen LogP contribution < -0.4 is 5.32 Å². The van der Waals surface area contributed by atoms with Crippen molar-refractivity contribution in [3.63, 3.8) is 0 Å². The third-order valence-corrected chi connectivity index (χ3v) is 3.52. The molecule has 6 heteroatoms. The Morgan fingerprint density at radius 3 is 2.95 bits per heavy atom. The minimum atomic E-state index is 0.509. The number of nitrogens with one attached hydrogen (secondary N) is 1. The van der Waals surface area contributed by atoms with Crippen LogP contribution in [0.2, 0.25) is 0 Å². The standard InChI is InChI=1S/C13H18N6/c1-11-9-14-7-8-18(11)10-13-15-16-17-19(13)12-5-3-2-4-6-12/h2-6,11,14H,7-10H2,1H3/t11-/m0/s1. The molecule has 0 amide bonds. The van der Waals surface area contributed by atoms with Gasteiger partial charge >= 0.3 is 0 Å². The minimum Gasteiger partial charge on any atom is -0.314 e. The van der Waals surface area contributed by atoms with Gasteiger partial charge in [-0.1, -0.05) is 18.2 Å². The van der Waals surface area contributed by atoms with Crippen LogP contribution in [0.4, 0.5) is 0 Å². The van der Waals surface area contributed by atoms with E-state index in [2.05, 4.69) is 32.7 Å². The molecule has 0 radical (unpaired) electrons. The molecular formula is C13H18N6. The summed E-state index contributed by atoms with van der Waals surface area (Å²) < 4.78 is 1.81.